The van der Waals surface area contributed by atoms with E-state index in [4.69, 9.17) is 25.5 Å². The SMILES string of the molecule is C=C(/C(C)=C/C=C(C)/C(C)=C/c1cccc(C)c1C)c1ccccc1N.CB(OC(C)(C)C(C)(C)O)c1ccc2c(c1)C(C)(C)c1cc(-c3nc(-c4ccc(-c5cc6ccccc6c6ccccc56)cc4)c4ccccc4n3)ccc1-2.CC.CC(C)(C)O. The maximum atomic E-state index is 10.7. The molecule has 0 radical (unpaired) electrons. The Balaban J connectivity index is 0.000000254. The van der Waals surface area contributed by atoms with Gasteiger partial charge in [0.2, 0.25) is 0 Å². The molecule has 0 atom stereocenters. The van der Waals surface area contributed by atoms with Crippen molar-refractivity contribution in [2.75, 3.05) is 5.73 Å². The first-order valence-electron chi connectivity index (χ1n) is 31.0. The molecule has 1 aliphatic carbocycles. The van der Waals surface area contributed by atoms with E-state index >= 15 is 0 Å². The molecule has 9 aromatic carbocycles. The zero-order valence-electron chi connectivity index (χ0n) is 55.1. The monoisotopic (exact) mass is 1160 g/mol. The van der Waals surface area contributed by atoms with Crippen LogP contribution in [-0.2, 0) is 10.1 Å². The van der Waals surface area contributed by atoms with Crippen molar-refractivity contribution >= 4 is 62.2 Å². The van der Waals surface area contributed by atoms with Crippen molar-refractivity contribution in [3.63, 3.8) is 0 Å². The molecule has 88 heavy (non-hydrogen) atoms. The molecule has 0 aliphatic heterocycles. The van der Waals surface area contributed by atoms with E-state index in [0.717, 1.165) is 55.6 Å². The number of aliphatic hydroxyl groups is 2. The predicted molar refractivity (Wildman–Crippen MR) is 381 cm³/mol. The van der Waals surface area contributed by atoms with Gasteiger partial charge in [-0.15, -0.1) is 0 Å². The molecular weight excluding hydrogens is 1070 g/mol. The lowest BCUT2D eigenvalue weighted by Crippen LogP contribution is -2.52. The molecule has 0 unspecified atom stereocenters. The molecule has 0 spiro atoms. The van der Waals surface area contributed by atoms with E-state index in [9.17, 15) is 5.11 Å². The Hall–Kier alpha value is -8.46. The van der Waals surface area contributed by atoms with Crippen LogP contribution in [0.3, 0.4) is 0 Å². The van der Waals surface area contributed by atoms with Crippen molar-refractivity contribution in [3.05, 3.63) is 251 Å². The van der Waals surface area contributed by atoms with E-state index < -0.39 is 16.8 Å². The number of benzene rings is 9. The van der Waals surface area contributed by atoms with Crippen LogP contribution in [0.5, 0.6) is 0 Å². The first-order valence-corrected chi connectivity index (χ1v) is 31.0. The minimum Gasteiger partial charge on any atom is -0.423 e. The second kappa shape index (κ2) is 26.9. The Labute approximate surface area is 525 Å². The quantitative estimate of drug-likeness (QED) is 0.0488. The number of hydrogen-bond acceptors (Lipinski definition) is 6. The first kappa shape index (κ1) is 65.5. The molecule has 10 aromatic rings. The molecule has 4 N–H and O–H groups in total. The van der Waals surface area contributed by atoms with Crippen LogP contribution in [0.1, 0.15) is 130 Å². The molecule has 0 saturated heterocycles. The number of allylic oxidation sites excluding steroid dienone is 6. The van der Waals surface area contributed by atoms with Crippen LogP contribution in [0.15, 0.2) is 217 Å². The highest BCUT2D eigenvalue weighted by molar-refractivity contribution is 6.66. The van der Waals surface area contributed by atoms with Gasteiger partial charge >= 0.3 is 6.92 Å². The van der Waals surface area contributed by atoms with Gasteiger partial charge in [-0.05, 0) is 207 Å². The van der Waals surface area contributed by atoms with Crippen LogP contribution >= 0.6 is 0 Å². The van der Waals surface area contributed by atoms with E-state index in [0.29, 0.717) is 5.82 Å². The first-order chi connectivity index (χ1) is 41.6. The average Bonchev–Trinajstić information content (AvgIpc) is 1.80. The maximum Gasteiger partial charge on any atom is 0.324 e. The highest BCUT2D eigenvalue weighted by Crippen LogP contribution is 2.49. The van der Waals surface area contributed by atoms with Gasteiger partial charge in [-0.2, -0.15) is 0 Å². The molecule has 0 bridgehead atoms. The van der Waals surface area contributed by atoms with Gasteiger partial charge in [-0.25, -0.2) is 9.97 Å². The van der Waals surface area contributed by atoms with Crippen LogP contribution in [0.25, 0.3) is 89.0 Å². The number of aryl methyl sites for hydroxylation is 1. The number of nitrogens with two attached hydrogens (primary N) is 1. The summed E-state index contributed by atoms with van der Waals surface area (Å²) in [6, 6.07) is 64.4. The average molecular weight is 1160 g/mol. The fourth-order valence-corrected chi connectivity index (χ4v) is 11.1. The second-order valence-corrected chi connectivity index (χ2v) is 25.8. The van der Waals surface area contributed by atoms with E-state index in [2.05, 4.69) is 232 Å². The van der Waals surface area contributed by atoms with Crippen molar-refractivity contribution in [1.82, 2.24) is 9.97 Å². The van der Waals surface area contributed by atoms with Gasteiger partial charge in [0.05, 0.1) is 28.0 Å². The fraction of sp³-hybridized carbons (Fsp3) is 0.259. The zero-order valence-corrected chi connectivity index (χ0v) is 55.1. The van der Waals surface area contributed by atoms with E-state index in [1.807, 2.05) is 58.0 Å². The number of hydrogen-bond donors (Lipinski definition) is 3. The molecule has 0 amide bonds. The fourth-order valence-electron chi connectivity index (χ4n) is 11.1. The highest BCUT2D eigenvalue weighted by atomic mass is 16.5. The van der Waals surface area contributed by atoms with E-state index in [1.54, 1.807) is 34.6 Å². The van der Waals surface area contributed by atoms with Crippen LogP contribution < -0.4 is 11.2 Å². The zero-order chi connectivity index (χ0) is 64.0. The van der Waals surface area contributed by atoms with E-state index in [-0.39, 0.29) is 12.3 Å². The van der Waals surface area contributed by atoms with Crippen LogP contribution in [0.4, 0.5) is 5.69 Å². The lowest BCUT2D eigenvalue weighted by atomic mass is 9.61. The Kier molecular flexibility index (Phi) is 20.0. The summed E-state index contributed by atoms with van der Waals surface area (Å²) in [5.41, 5.74) is 26.3. The summed E-state index contributed by atoms with van der Waals surface area (Å²) in [7, 11) is 0. The van der Waals surface area contributed by atoms with Crippen molar-refractivity contribution in [2.24, 2.45) is 0 Å². The summed E-state index contributed by atoms with van der Waals surface area (Å²) < 4.78 is 6.45. The van der Waals surface area contributed by atoms with Gasteiger partial charge in [-0.3, -0.25) is 0 Å². The summed E-state index contributed by atoms with van der Waals surface area (Å²) in [4.78, 5) is 10.4. The van der Waals surface area contributed by atoms with Crippen LogP contribution in [0.2, 0.25) is 6.82 Å². The predicted octanol–water partition coefficient (Wildman–Crippen LogP) is 20.3. The Bertz CT molecular complexity index is 4280. The number of aromatic nitrogens is 2. The lowest BCUT2D eigenvalue weighted by Gasteiger charge is -2.39. The minimum atomic E-state index is -0.981. The van der Waals surface area contributed by atoms with Crippen molar-refractivity contribution in [1.29, 1.82) is 0 Å². The van der Waals surface area contributed by atoms with Gasteiger partial charge < -0.3 is 20.6 Å². The van der Waals surface area contributed by atoms with Crippen LogP contribution in [0, 0.1) is 13.8 Å². The van der Waals surface area contributed by atoms with Crippen molar-refractivity contribution in [2.45, 2.75) is 140 Å². The van der Waals surface area contributed by atoms with Gasteiger partial charge in [0.1, 0.15) is 0 Å². The molecule has 7 heteroatoms. The van der Waals surface area contributed by atoms with Gasteiger partial charge in [0, 0.05) is 33.2 Å². The number of anilines is 1. The van der Waals surface area contributed by atoms with Gasteiger partial charge in [-0.1, -0.05) is 217 Å². The van der Waals surface area contributed by atoms with Crippen molar-refractivity contribution < 1.29 is 14.9 Å². The summed E-state index contributed by atoms with van der Waals surface area (Å²) in [6.07, 6.45) is 6.52. The standard InChI is InChI=1S/C50H45BN2O2.C25H29N.C4H10O.C2H6/c1-48(2)43-29-34(24-26-39(43)40-27-25-35(30-44(40)48)51(7)55-50(5,6)49(3,4)54)47-52-45-19-13-12-18-41(45)46(53-47)32-22-20-31(21-23-32)42-28-33-14-8-9-15-36(33)37-16-10-11-17-38(37)42;1-17(20(4)16-23-11-9-10-18(2)21(23)5)14-15-19(3)22(6)24-12-7-8-13-25(24)26;1-4(2,3)5;1-2/h8-30,54H,1-7H3;7-16H,6,26H2,1-5H3;5H,1-3H3;1-2H3/b;17-14+,19-15+,20-16+;;. The largest absolute Gasteiger partial charge is 0.423 e. The minimum absolute atomic E-state index is 0.188. The lowest BCUT2D eigenvalue weighted by molar-refractivity contribution is -0.0918. The van der Waals surface area contributed by atoms with Gasteiger partial charge in [0.25, 0.3) is 0 Å². The topological polar surface area (TPSA) is 101 Å². The summed E-state index contributed by atoms with van der Waals surface area (Å²) in [5.74, 6) is 0.712. The number of nitrogen functional groups attached to an aromatic ring is 1. The maximum absolute atomic E-state index is 10.7. The third-order valence-corrected chi connectivity index (χ3v) is 17.2. The summed E-state index contributed by atoms with van der Waals surface area (Å²) in [5, 5.41) is 25.3. The molecule has 450 valence electrons. The molecule has 1 aromatic heterocycles. The number of fused-ring (bicyclic) bond motifs is 7. The number of nitrogens with zero attached hydrogens (tertiary/aromatic N) is 2. The third-order valence-electron chi connectivity index (χ3n) is 17.2. The Morgan fingerprint density at radius 2 is 1.11 bits per heavy atom. The molecule has 11 rings (SSSR count). The smallest absolute Gasteiger partial charge is 0.324 e. The van der Waals surface area contributed by atoms with E-state index in [1.165, 1.54) is 82.8 Å². The third kappa shape index (κ3) is 14.6. The number of para-hydroxylation sites is 2. The molecular formula is C81H90BN3O3. The summed E-state index contributed by atoms with van der Waals surface area (Å²) in [6.45, 7) is 38.1. The molecule has 1 heterocycles. The van der Waals surface area contributed by atoms with Crippen LogP contribution in [-0.4, -0.2) is 43.9 Å². The molecule has 1 aliphatic rings. The Morgan fingerprint density at radius 3 is 1.77 bits per heavy atom. The second-order valence-electron chi connectivity index (χ2n) is 25.8. The summed E-state index contributed by atoms with van der Waals surface area (Å²) >= 11 is 0. The van der Waals surface area contributed by atoms with Crippen molar-refractivity contribution in [3.8, 4) is 44.9 Å². The molecule has 0 fully saturated rings. The normalized spacial score (nSPS) is 13.1. The number of rotatable bonds is 12. The molecule has 0 saturated carbocycles. The Morgan fingerprint density at radius 1 is 0.568 bits per heavy atom. The highest BCUT2D eigenvalue weighted by Gasteiger charge is 2.40. The molecule has 6 nitrogen and oxygen atoms in total. The van der Waals surface area contributed by atoms with Gasteiger partial charge in [0.15, 0.2) is 5.82 Å².